The monoisotopic (exact) mass is 388 g/mol. The summed E-state index contributed by atoms with van der Waals surface area (Å²) in [6.07, 6.45) is 5.89. The lowest BCUT2D eigenvalue weighted by atomic mass is 9.76. The van der Waals surface area contributed by atoms with E-state index in [-0.39, 0.29) is 24.1 Å². The van der Waals surface area contributed by atoms with Gasteiger partial charge in [-0.15, -0.1) is 0 Å². The molecule has 1 aliphatic rings. The van der Waals surface area contributed by atoms with Crippen molar-refractivity contribution in [3.05, 3.63) is 34.0 Å². The highest BCUT2D eigenvalue weighted by molar-refractivity contribution is 5.76. The Hall–Kier alpha value is -2.15. The molecular weight excluding hydrogens is 356 g/mol. The molecule has 2 aromatic heterocycles. The highest BCUT2D eigenvalue weighted by Gasteiger charge is 2.41. The van der Waals surface area contributed by atoms with Crippen LogP contribution < -0.4 is 5.56 Å². The summed E-state index contributed by atoms with van der Waals surface area (Å²) in [7, 11) is 1.73. The molecule has 0 unspecified atom stereocenters. The molecule has 7 heteroatoms. The first-order valence-corrected chi connectivity index (χ1v) is 10.2. The van der Waals surface area contributed by atoms with Crippen LogP contribution in [0.2, 0.25) is 0 Å². The zero-order chi connectivity index (χ0) is 20.6. The zero-order valence-electron chi connectivity index (χ0n) is 17.6. The van der Waals surface area contributed by atoms with Crippen LogP contribution in [0.4, 0.5) is 0 Å². The van der Waals surface area contributed by atoms with Crippen LogP contribution in [-0.2, 0) is 17.8 Å². The highest BCUT2D eigenvalue weighted by Crippen LogP contribution is 2.34. The SMILES string of the molecule is CCCCc1nn(CC(=O)N(C)[C@H]2C[C@@](C)(O)C2)c(=O)c2cc(C(C)C)cn12. The second-order valence-corrected chi connectivity index (χ2v) is 8.73. The molecule has 1 fully saturated rings. The van der Waals surface area contributed by atoms with Crippen LogP contribution in [0.3, 0.4) is 0 Å². The van der Waals surface area contributed by atoms with Crippen molar-refractivity contribution >= 4 is 11.4 Å². The van der Waals surface area contributed by atoms with Gasteiger partial charge in [-0.05, 0) is 43.7 Å². The minimum atomic E-state index is -0.695. The Morgan fingerprint density at radius 3 is 2.68 bits per heavy atom. The molecule has 1 aliphatic carbocycles. The van der Waals surface area contributed by atoms with Crippen LogP contribution in [0.15, 0.2) is 17.1 Å². The summed E-state index contributed by atoms with van der Waals surface area (Å²) in [6, 6.07) is 1.93. The van der Waals surface area contributed by atoms with E-state index in [1.165, 1.54) is 4.68 Å². The number of aliphatic hydroxyl groups is 1. The van der Waals surface area contributed by atoms with Gasteiger partial charge >= 0.3 is 0 Å². The van der Waals surface area contributed by atoms with E-state index in [0.717, 1.165) is 30.7 Å². The molecular formula is C21H32N4O3. The molecule has 0 aromatic carbocycles. The van der Waals surface area contributed by atoms with E-state index in [1.807, 2.05) is 16.7 Å². The Bertz CT molecular complexity index is 918. The summed E-state index contributed by atoms with van der Waals surface area (Å²) in [6.45, 7) is 8.01. The van der Waals surface area contributed by atoms with Crippen molar-refractivity contribution in [3.8, 4) is 0 Å². The van der Waals surface area contributed by atoms with Crippen molar-refractivity contribution in [1.82, 2.24) is 19.1 Å². The van der Waals surface area contributed by atoms with Gasteiger partial charge in [0, 0.05) is 25.7 Å². The number of rotatable bonds is 7. The van der Waals surface area contributed by atoms with Crippen molar-refractivity contribution in [1.29, 1.82) is 0 Å². The second-order valence-electron chi connectivity index (χ2n) is 8.73. The van der Waals surface area contributed by atoms with Gasteiger partial charge in [0.05, 0.1) is 5.60 Å². The fraction of sp³-hybridized carbons (Fsp3) is 0.667. The molecule has 3 rings (SSSR count). The van der Waals surface area contributed by atoms with Crippen molar-refractivity contribution in [2.45, 2.75) is 83.9 Å². The molecule has 1 N–H and O–H groups in total. The van der Waals surface area contributed by atoms with Gasteiger partial charge in [-0.1, -0.05) is 27.2 Å². The molecule has 0 atom stereocenters. The molecule has 0 saturated heterocycles. The van der Waals surface area contributed by atoms with E-state index in [4.69, 9.17) is 0 Å². The third kappa shape index (κ3) is 3.99. The Kier molecular flexibility index (Phi) is 5.66. The number of carbonyl (C=O) groups excluding carboxylic acids is 1. The minimum Gasteiger partial charge on any atom is -0.390 e. The average Bonchev–Trinajstić information content (AvgIpc) is 3.06. The predicted molar refractivity (Wildman–Crippen MR) is 109 cm³/mol. The van der Waals surface area contributed by atoms with Crippen molar-refractivity contribution < 1.29 is 9.90 Å². The summed E-state index contributed by atoms with van der Waals surface area (Å²) in [4.78, 5) is 27.3. The van der Waals surface area contributed by atoms with E-state index < -0.39 is 5.60 Å². The van der Waals surface area contributed by atoms with Crippen LogP contribution in [0, 0.1) is 0 Å². The van der Waals surface area contributed by atoms with Crippen molar-refractivity contribution in [2.24, 2.45) is 0 Å². The van der Waals surface area contributed by atoms with Crippen LogP contribution in [0.5, 0.6) is 0 Å². The molecule has 2 aromatic rings. The third-order valence-electron chi connectivity index (χ3n) is 5.81. The largest absolute Gasteiger partial charge is 0.390 e. The molecule has 2 heterocycles. The normalized spacial score (nSPS) is 21.9. The molecule has 0 aliphatic heterocycles. The lowest BCUT2D eigenvalue weighted by molar-refractivity contribution is -0.141. The maximum atomic E-state index is 13.0. The number of hydrogen-bond acceptors (Lipinski definition) is 4. The highest BCUT2D eigenvalue weighted by atomic mass is 16.3. The topological polar surface area (TPSA) is 79.8 Å². The summed E-state index contributed by atoms with van der Waals surface area (Å²) in [5.41, 5.74) is 0.732. The summed E-state index contributed by atoms with van der Waals surface area (Å²) >= 11 is 0. The smallest absolute Gasteiger partial charge is 0.291 e. The van der Waals surface area contributed by atoms with Gasteiger partial charge in [0.2, 0.25) is 5.91 Å². The van der Waals surface area contributed by atoms with Gasteiger partial charge in [0.1, 0.15) is 17.9 Å². The first-order valence-electron chi connectivity index (χ1n) is 10.2. The second kappa shape index (κ2) is 7.70. The molecule has 0 radical (unpaired) electrons. The number of fused-ring (bicyclic) bond motifs is 1. The number of likely N-dealkylation sites (N-methyl/N-ethyl adjacent to an activating group) is 1. The molecule has 0 spiro atoms. The minimum absolute atomic E-state index is 0.0161. The Morgan fingerprint density at radius 2 is 2.11 bits per heavy atom. The lowest BCUT2D eigenvalue weighted by Crippen LogP contribution is -2.54. The Balaban J connectivity index is 1.90. The van der Waals surface area contributed by atoms with Crippen molar-refractivity contribution in [2.75, 3.05) is 7.05 Å². The molecule has 1 saturated carbocycles. The lowest BCUT2D eigenvalue weighted by Gasteiger charge is -2.45. The van der Waals surface area contributed by atoms with Crippen LogP contribution in [0.25, 0.3) is 5.52 Å². The van der Waals surface area contributed by atoms with E-state index in [0.29, 0.717) is 24.3 Å². The number of amides is 1. The number of carbonyl (C=O) groups is 1. The standard InChI is InChI=1S/C21H32N4O3/c1-6-7-8-18-22-25(13-19(26)23(5)16-10-21(4,28)11-16)20(27)17-9-15(14(2)3)12-24(17)18/h9,12,14,16,28H,6-8,10-11,13H2,1-5H3/t16-,21+. The molecule has 28 heavy (non-hydrogen) atoms. The number of unbranched alkanes of at least 4 members (excludes halogenated alkanes) is 1. The van der Waals surface area contributed by atoms with Crippen LogP contribution in [0.1, 0.15) is 70.7 Å². The summed E-state index contributed by atoms with van der Waals surface area (Å²) < 4.78 is 3.20. The van der Waals surface area contributed by atoms with Gasteiger partial charge in [0.15, 0.2) is 0 Å². The van der Waals surface area contributed by atoms with E-state index >= 15 is 0 Å². The van der Waals surface area contributed by atoms with Crippen LogP contribution >= 0.6 is 0 Å². The average molecular weight is 389 g/mol. The first-order chi connectivity index (χ1) is 13.1. The molecule has 0 bridgehead atoms. The van der Waals surface area contributed by atoms with E-state index in [9.17, 15) is 14.7 Å². The quantitative estimate of drug-likeness (QED) is 0.789. The van der Waals surface area contributed by atoms with Gasteiger partial charge in [-0.3, -0.25) is 14.0 Å². The molecule has 7 nitrogen and oxygen atoms in total. The summed E-state index contributed by atoms with van der Waals surface area (Å²) in [5.74, 6) is 0.966. The van der Waals surface area contributed by atoms with Gasteiger partial charge in [-0.25, -0.2) is 4.68 Å². The third-order valence-corrected chi connectivity index (χ3v) is 5.81. The Labute approximate surface area is 166 Å². The number of aryl methyl sites for hydroxylation is 1. The molecule has 1 amide bonds. The van der Waals surface area contributed by atoms with E-state index in [2.05, 4.69) is 25.9 Å². The maximum Gasteiger partial charge on any atom is 0.291 e. The first kappa shape index (κ1) is 20.6. The number of aromatic nitrogens is 3. The number of nitrogens with zero attached hydrogens (tertiary/aromatic N) is 4. The van der Waals surface area contributed by atoms with Gasteiger partial charge in [-0.2, -0.15) is 5.10 Å². The maximum absolute atomic E-state index is 13.0. The predicted octanol–water partition coefficient (Wildman–Crippen LogP) is 2.33. The summed E-state index contributed by atoms with van der Waals surface area (Å²) in [5, 5.41) is 14.5. The molecule has 154 valence electrons. The zero-order valence-corrected chi connectivity index (χ0v) is 17.6. The van der Waals surface area contributed by atoms with Crippen LogP contribution in [-0.4, -0.2) is 48.8 Å². The fourth-order valence-corrected chi connectivity index (χ4v) is 3.83. The van der Waals surface area contributed by atoms with E-state index in [1.54, 1.807) is 18.9 Å². The number of hydrogen-bond donors (Lipinski definition) is 1. The fourth-order valence-electron chi connectivity index (χ4n) is 3.83. The Morgan fingerprint density at radius 1 is 1.43 bits per heavy atom. The van der Waals surface area contributed by atoms with Gasteiger partial charge in [0.25, 0.3) is 5.56 Å². The van der Waals surface area contributed by atoms with Gasteiger partial charge < -0.3 is 10.0 Å². The van der Waals surface area contributed by atoms with Crippen molar-refractivity contribution in [3.63, 3.8) is 0 Å².